The maximum atomic E-state index is 14.2. The predicted molar refractivity (Wildman–Crippen MR) is 241 cm³/mol. The number of likely N-dealkylation sites (N-methyl/N-ethyl adjacent to an activating group) is 1. The molecule has 1 saturated carbocycles. The van der Waals surface area contributed by atoms with Crippen LogP contribution in [0.1, 0.15) is 103 Å². The number of anilines is 3. The molecule has 65 heavy (non-hydrogen) atoms. The summed E-state index contributed by atoms with van der Waals surface area (Å²) in [7, 11) is 1.52. The van der Waals surface area contributed by atoms with E-state index in [1.165, 1.54) is 32.4 Å². The highest BCUT2D eigenvalue weighted by atomic mass is 35.5. The monoisotopic (exact) mass is 913 g/mol. The van der Waals surface area contributed by atoms with Crippen molar-refractivity contribution in [1.82, 2.24) is 35.4 Å². The number of nitrogens with one attached hydrogen (secondary N) is 4. The van der Waals surface area contributed by atoms with Gasteiger partial charge in [0.25, 0.3) is 23.3 Å². The van der Waals surface area contributed by atoms with Crippen molar-refractivity contribution in [2.45, 2.75) is 102 Å². The van der Waals surface area contributed by atoms with Crippen LogP contribution in [0.2, 0.25) is 5.02 Å². The molecule has 2 aromatic carbocycles. The third-order valence-electron chi connectivity index (χ3n) is 12.6. The molecule has 17 nitrogen and oxygen atoms in total. The Balaban J connectivity index is 0.000000192. The number of carbonyl (C=O) groups excluding carboxylic acids is 5. The van der Waals surface area contributed by atoms with Gasteiger partial charge in [-0.05, 0) is 107 Å². The second-order valence-corrected chi connectivity index (χ2v) is 17.7. The molecular formula is C46H53ClFN9O8. The molecule has 4 aliphatic heterocycles. The zero-order valence-electron chi connectivity index (χ0n) is 36.5. The number of pyridine rings is 1. The van der Waals surface area contributed by atoms with Gasteiger partial charge in [0.05, 0.1) is 35.0 Å². The quantitative estimate of drug-likeness (QED) is 0.148. The first kappa shape index (κ1) is 45.6. The summed E-state index contributed by atoms with van der Waals surface area (Å²) in [5.74, 6) is -1.56. The molecule has 19 heteroatoms. The number of fused-ring (bicyclic) bond motifs is 2. The Bertz CT molecular complexity index is 2560. The first-order valence-corrected chi connectivity index (χ1v) is 22.6. The van der Waals surface area contributed by atoms with E-state index >= 15 is 0 Å². The Morgan fingerprint density at radius 3 is 2.40 bits per heavy atom. The number of amides is 5. The molecule has 4 fully saturated rings. The van der Waals surface area contributed by atoms with Crippen LogP contribution in [0.3, 0.4) is 0 Å². The van der Waals surface area contributed by atoms with E-state index in [0.29, 0.717) is 47.5 Å². The predicted octanol–water partition coefficient (Wildman–Crippen LogP) is 4.93. The van der Waals surface area contributed by atoms with Gasteiger partial charge in [-0.2, -0.15) is 4.98 Å². The van der Waals surface area contributed by atoms with Crippen molar-refractivity contribution in [2.24, 2.45) is 0 Å². The average molecular weight is 914 g/mol. The highest BCUT2D eigenvalue weighted by Crippen LogP contribution is 2.35. The summed E-state index contributed by atoms with van der Waals surface area (Å²) in [4.78, 5) is 85.8. The van der Waals surface area contributed by atoms with Gasteiger partial charge in [-0.15, -0.1) is 0 Å². The fourth-order valence-corrected chi connectivity index (χ4v) is 8.99. The van der Waals surface area contributed by atoms with Crippen LogP contribution in [0.25, 0.3) is 10.9 Å². The van der Waals surface area contributed by atoms with Gasteiger partial charge in [0.2, 0.25) is 17.8 Å². The van der Waals surface area contributed by atoms with E-state index in [4.69, 9.17) is 26.1 Å². The van der Waals surface area contributed by atoms with Crippen molar-refractivity contribution in [1.29, 1.82) is 0 Å². The fraction of sp³-hybridized carbons (Fsp3) is 0.478. The number of aromatic nitrogens is 3. The van der Waals surface area contributed by atoms with Crippen LogP contribution in [0.4, 0.5) is 21.8 Å². The topological polar surface area (TPSA) is 206 Å². The minimum Gasteiger partial charge on any atom is -0.478 e. The molecule has 3 unspecified atom stereocenters. The standard InChI is InChI=1S/C28H35ClN6O4.C18H18FN3O4/c1-17(2)35-23-8-7-19(13-18(23)14-24(27(35)37)38-16-25(36)30-3)32-26-22(29)15-31-28(33-26)34-11-9-21(10-12-34)39-20-5-4-6-20;19-13-8-20-6-5-10(13)9-1-2-11-12(7-9)18(26)22(17(11)25)14-3-4-15(23)21-16(14)24/h7-8,13-15,17,20-21H,4-6,9-12,16H2,1-3H3,(H,30,36)(H,31,32,33);1-2,7,10,13-14,20H,3-6,8H2,(H,21,23,24). The van der Waals surface area contributed by atoms with Gasteiger partial charge in [-0.25, -0.2) is 9.37 Å². The first-order valence-electron chi connectivity index (χ1n) is 22.2. The maximum absolute atomic E-state index is 14.2. The van der Waals surface area contributed by atoms with E-state index in [-0.39, 0.29) is 66.3 Å². The molecule has 3 saturated heterocycles. The summed E-state index contributed by atoms with van der Waals surface area (Å²) >= 11 is 6.47. The van der Waals surface area contributed by atoms with Gasteiger partial charge in [-0.3, -0.25) is 39.0 Å². The first-order chi connectivity index (χ1) is 31.3. The Hall–Kier alpha value is -5.98. The summed E-state index contributed by atoms with van der Waals surface area (Å²) < 4.78 is 27.6. The van der Waals surface area contributed by atoms with Crippen molar-refractivity contribution < 1.29 is 37.8 Å². The summed E-state index contributed by atoms with van der Waals surface area (Å²) in [6.07, 6.45) is 7.67. The molecule has 0 radical (unpaired) electrons. The molecule has 2 aromatic heterocycles. The van der Waals surface area contributed by atoms with Crippen LogP contribution in [0, 0.1) is 0 Å². The largest absolute Gasteiger partial charge is 0.478 e. The number of ether oxygens (including phenoxy) is 2. The highest BCUT2D eigenvalue weighted by Gasteiger charge is 2.45. The lowest BCUT2D eigenvalue weighted by Gasteiger charge is -2.36. The van der Waals surface area contributed by atoms with Crippen LogP contribution in [-0.2, 0) is 19.1 Å². The van der Waals surface area contributed by atoms with Gasteiger partial charge in [0.1, 0.15) is 17.2 Å². The molecule has 5 amide bonds. The van der Waals surface area contributed by atoms with Crippen molar-refractivity contribution in [3.8, 4) is 5.75 Å². The van der Waals surface area contributed by atoms with Crippen LogP contribution < -0.4 is 36.5 Å². The minimum atomic E-state index is -1.06. The molecule has 0 bridgehead atoms. The lowest BCUT2D eigenvalue weighted by atomic mass is 9.87. The van der Waals surface area contributed by atoms with Crippen LogP contribution in [0.15, 0.2) is 53.5 Å². The lowest BCUT2D eigenvalue weighted by molar-refractivity contribution is -0.136. The van der Waals surface area contributed by atoms with Crippen molar-refractivity contribution in [2.75, 3.05) is 50.1 Å². The number of rotatable bonds is 11. The molecule has 6 heterocycles. The second kappa shape index (κ2) is 19.6. The summed E-state index contributed by atoms with van der Waals surface area (Å²) in [6.45, 7) is 6.24. The number of carbonyl (C=O) groups is 5. The molecule has 4 aromatic rings. The number of hydrogen-bond acceptors (Lipinski definition) is 13. The smallest absolute Gasteiger partial charge is 0.293 e. The molecular weight excluding hydrogens is 861 g/mol. The number of piperidine rings is 3. The lowest BCUT2D eigenvalue weighted by Crippen LogP contribution is -2.54. The minimum absolute atomic E-state index is 0.0771. The van der Waals surface area contributed by atoms with Crippen molar-refractivity contribution in [3.63, 3.8) is 0 Å². The maximum Gasteiger partial charge on any atom is 0.293 e. The fourth-order valence-electron chi connectivity index (χ4n) is 8.85. The average Bonchev–Trinajstić information content (AvgIpc) is 3.52. The van der Waals surface area contributed by atoms with Gasteiger partial charge in [-0.1, -0.05) is 17.7 Å². The highest BCUT2D eigenvalue weighted by molar-refractivity contribution is 6.33. The molecule has 0 spiro atoms. The van der Waals surface area contributed by atoms with Crippen molar-refractivity contribution in [3.05, 3.63) is 80.7 Å². The summed E-state index contributed by atoms with van der Waals surface area (Å²) in [5.41, 5.74) is 2.31. The molecule has 4 N–H and O–H groups in total. The van der Waals surface area contributed by atoms with Gasteiger partial charge < -0.3 is 34.9 Å². The van der Waals surface area contributed by atoms with E-state index < -0.39 is 35.8 Å². The molecule has 344 valence electrons. The normalized spacial score (nSPS) is 21.4. The van der Waals surface area contributed by atoms with Crippen LogP contribution in [0.5, 0.6) is 5.75 Å². The van der Waals surface area contributed by atoms with Crippen molar-refractivity contribution >= 4 is 69.5 Å². The second-order valence-electron chi connectivity index (χ2n) is 17.2. The zero-order chi connectivity index (χ0) is 45.9. The van der Waals surface area contributed by atoms with E-state index in [2.05, 4.69) is 31.2 Å². The van der Waals surface area contributed by atoms with Crippen LogP contribution in [-0.4, -0.2) is 113 Å². The van der Waals surface area contributed by atoms with E-state index in [1.54, 1.807) is 29.0 Å². The van der Waals surface area contributed by atoms with E-state index in [0.717, 1.165) is 47.4 Å². The Labute approximate surface area is 379 Å². The Morgan fingerprint density at radius 2 is 1.71 bits per heavy atom. The zero-order valence-corrected chi connectivity index (χ0v) is 37.3. The number of imide groups is 2. The number of nitrogens with zero attached hydrogens (tertiary/aromatic N) is 5. The molecule has 5 aliphatic rings. The van der Waals surface area contributed by atoms with E-state index in [1.807, 2.05) is 32.0 Å². The Kier molecular flexibility index (Phi) is 13.8. The number of alkyl halides is 1. The summed E-state index contributed by atoms with van der Waals surface area (Å²) in [6, 6.07) is 11.0. The van der Waals surface area contributed by atoms with Gasteiger partial charge >= 0.3 is 0 Å². The van der Waals surface area contributed by atoms with E-state index in [9.17, 15) is 33.2 Å². The number of benzene rings is 2. The molecule has 9 rings (SSSR count). The number of hydrogen-bond donors (Lipinski definition) is 4. The number of halogens is 2. The SMILES string of the molecule is CNC(=O)COc1cc2cc(Nc3nc(N4CCC(OC5CCC5)CC4)ncc3Cl)ccc2n(C(C)C)c1=O.O=C1CCC(N2C(=O)c3ccc(C4CCNCC4F)cc3C2=O)C(=O)N1. The third kappa shape index (κ3) is 9.84. The summed E-state index contributed by atoms with van der Waals surface area (Å²) in [5, 5.41) is 12.1. The van der Waals surface area contributed by atoms with Gasteiger partial charge in [0.15, 0.2) is 18.2 Å². The Morgan fingerprint density at radius 1 is 0.954 bits per heavy atom. The van der Waals surface area contributed by atoms with Crippen LogP contribution >= 0.6 is 11.6 Å². The molecule has 1 aliphatic carbocycles. The molecule has 3 atom stereocenters. The van der Waals surface area contributed by atoms with Gasteiger partial charge in [0, 0.05) is 56.1 Å². The third-order valence-corrected chi connectivity index (χ3v) is 12.9.